The Morgan fingerprint density at radius 2 is 1.83 bits per heavy atom. The number of likely N-dealkylation sites (N-methyl/N-ethyl adjacent to an activating group) is 1. The fourth-order valence-corrected chi connectivity index (χ4v) is 6.06. The largest absolute Gasteiger partial charge is 0.352 e. The van der Waals surface area contributed by atoms with E-state index >= 15 is 0 Å². The van der Waals surface area contributed by atoms with Gasteiger partial charge < -0.3 is 14.7 Å². The van der Waals surface area contributed by atoms with Crippen molar-refractivity contribution in [3.05, 3.63) is 57.4 Å². The fourth-order valence-electron chi connectivity index (χ4n) is 5.55. The molecule has 41 heavy (non-hydrogen) atoms. The number of carbonyl (C=O) groups excluding carboxylic acids is 1. The van der Waals surface area contributed by atoms with Crippen molar-refractivity contribution in [2.75, 3.05) is 55.6 Å². The summed E-state index contributed by atoms with van der Waals surface area (Å²) in [7, 11) is 0. The van der Waals surface area contributed by atoms with Gasteiger partial charge in [0.15, 0.2) is 0 Å². The van der Waals surface area contributed by atoms with Crippen LogP contribution in [0.1, 0.15) is 20.3 Å². The second-order valence-electron chi connectivity index (χ2n) is 10.1. The highest BCUT2D eigenvalue weighted by atomic mass is 35.5. The van der Waals surface area contributed by atoms with Crippen molar-refractivity contribution >= 4 is 51.8 Å². The van der Waals surface area contributed by atoms with Crippen molar-refractivity contribution in [2.24, 2.45) is 0 Å². The molecule has 0 spiro atoms. The number of rotatable bonds is 8. The van der Waals surface area contributed by atoms with Gasteiger partial charge in [-0.3, -0.25) is 14.5 Å². The molecule has 0 saturated carbocycles. The standard InChI is InChI=1S/C28H31Cl2N9O2/c1-4-24(40)38-10-9-36(15-20(38)7-8-31)26-23-14-32-39(21-12-18(29)11-19(30)13-21)27(41)25(23)33-28(34-26)37-16-22(17-37)35(5-2)6-3/h4,11-14,20,22H,1,5-7,9-10,15-17H2,2-3H3. The summed E-state index contributed by atoms with van der Waals surface area (Å²) in [5.41, 5.74) is 0.205. The average Bonchev–Trinajstić information content (AvgIpc) is 2.93. The summed E-state index contributed by atoms with van der Waals surface area (Å²) in [4.78, 5) is 44.1. The minimum atomic E-state index is -0.430. The lowest BCUT2D eigenvalue weighted by molar-refractivity contribution is -0.128. The number of nitriles is 1. The van der Waals surface area contributed by atoms with Gasteiger partial charge in [-0.15, -0.1) is 0 Å². The van der Waals surface area contributed by atoms with Gasteiger partial charge >= 0.3 is 0 Å². The number of halogens is 2. The second kappa shape index (κ2) is 12.0. The van der Waals surface area contributed by atoms with E-state index in [2.05, 4.69) is 41.4 Å². The van der Waals surface area contributed by atoms with Gasteiger partial charge in [0.25, 0.3) is 5.56 Å². The van der Waals surface area contributed by atoms with Gasteiger partial charge in [-0.1, -0.05) is 43.6 Å². The van der Waals surface area contributed by atoms with Crippen LogP contribution in [0.25, 0.3) is 16.6 Å². The Labute approximate surface area is 248 Å². The molecular weight excluding hydrogens is 565 g/mol. The SMILES string of the molecule is C=CC(=O)N1CCN(c2nc(N3CC(N(CC)CC)C3)nc3c(=O)n(-c4cc(Cl)cc(Cl)c4)ncc23)CC1CC#N. The van der Waals surface area contributed by atoms with Gasteiger partial charge in [0, 0.05) is 48.8 Å². The van der Waals surface area contributed by atoms with E-state index in [1.165, 1.54) is 10.8 Å². The molecule has 0 N–H and O–H groups in total. The van der Waals surface area contributed by atoms with Crippen LogP contribution in [0.15, 0.2) is 41.8 Å². The summed E-state index contributed by atoms with van der Waals surface area (Å²) in [6.07, 6.45) is 2.99. The Balaban J connectivity index is 1.59. The first-order valence-corrected chi connectivity index (χ1v) is 14.3. The lowest BCUT2D eigenvalue weighted by atomic mass is 10.1. The molecule has 0 aliphatic carbocycles. The minimum absolute atomic E-state index is 0.157. The highest BCUT2D eigenvalue weighted by Crippen LogP contribution is 2.30. The highest BCUT2D eigenvalue weighted by molar-refractivity contribution is 6.34. The molecule has 1 amide bonds. The van der Waals surface area contributed by atoms with E-state index < -0.39 is 5.56 Å². The summed E-state index contributed by atoms with van der Waals surface area (Å²) in [6, 6.07) is 7.02. The summed E-state index contributed by atoms with van der Waals surface area (Å²) in [6.45, 7) is 12.5. The van der Waals surface area contributed by atoms with Crippen molar-refractivity contribution in [1.29, 1.82) is 5.26 Å². The average molecular weight is 597 g/mol. The molecule has 0 bridgehead atoms. The van der Waals surface area contributed by atoms with Crippen molar-refractivity contribution in [3.63, 3.8) is 0 Å². The molecule has 1 unspecified atom stereocenters. The fraction of sp³-hybridized carbons (Fsp3) is 0.429. The lowest BCUT2D eigenvalue weighted by Crippen LogP contribution is -2.60. The smallest absolute Gasteiger partial charge is 0.298 e. The van der Waals surface area contributed by atoms with Crippen LogP contribution >= 0.6 is 23.2 Å². The molecule has 1 aromatic carbocycles. The number of benzene rings is 1. The van der Waals surface area contributed by atoms with E-state index in [1.54, 1.807) is 29.3 Å². The first-order valence-electron chi connectivity index (χ1n) is 13.6. The monoisotopic (exact) mass is 595 g/mol. The van der Waals surface area contributed by atoms with E-state index in [-0.39, 0.29) is 23.9 Å². The van der Waals surface area contributed by atoms with E-state index in [1.807, 2.05) is 4.90 Å². The Kier molecular flexibility index (Phi) is 8.45. The van der Waals surface area contributed by atoms with Gasteiger partial charge in [0.2, 0.25) is 11.9 Å². The van der Waals surface area contributed by atoms with Gasteiger partial charge in [-0.05, 0) is 37.4 Å². The maximum atomic E-state index is 13.9. The molecule has 11 nitrogen and oxygen atoms in total. The Morgan fingerprint density at radius 3 is 2.46 bits per heavy atom. The van der Waals surface area contributed by atoms with Gasteiger partial charge in [-0.2, -0.15) is 20.0 Å². The van der Waals surface area contributed by atoms with E-state index in [4.69, 9.17) is 33.2 Å². The van der Waals surface area contributed by atoms with Crippen molar-refractivity contribution < 1.29 is 4.79 Å². The number of aromatic nitrogens is 4. The van der Waals surface area contributed by atoms with Crippen LogP contribution in [0.5, 0.6) is 0 Å². The second-order valence-corrected chi connectivity index (χ2v) is 10.9. The topological polar surface area (TPSA) is 114 Å². The minimum Gasteiger partial charge on any atom is -0.352 e. The lowest BCUT2D eigenvalue weighted by Gasteiger charge is -2.45. The molecule has 13 heteroatoms. The number of hydrogen-bond donors (Lipinski definition) is 0. The Hall–Kier alpha value is -3.72. The zero-order valence-corrected chi connectivity index (χ0v) is 24.5. The number of nitrogens with zero attached hydrogens (tertiary/aromatic N) is 9. The van der Waals surface area contributed by atoms with Crippen LogP contribution in [0, 0.1) is 11.3 Å². The molecule has 4 heterocycles. The number of anilines is 2. The van der Waals surface area contributed by atoms with E-state index in [9.17, 15) is 14.9 Å². The quantitative estimate of drug-likeness (QED) is 0.362. The summed E-state index contributed by atoms with van der Waals surface area (Å²) >= 11 is 12.4. The molecule has 1 atom stereocenters. The predicted molar refractivity (Wildman–Crippen MR) is 160 cm³/mol. The zero-order valence-electron chi connectivity index (χ0n) is 23.0. The maximum absolute atomic E-state index is 13.9. The first kappa shape index (κ1) is 28.8. The highest BCUT2D eigenvalue weighted by Gasteiger charge is 2.35. The van der Waals surface area contributed by atoms with Gasteiger partial charge in [-0.25, -0.2) is 4.98 Å². The summed E-state index contributed by atoms with van der Waals surface area (Å²) in [5, 5.41) is 15.1. The van der Waals surface area contributed by atoms with E-state index in [0.717, 1.165) is 26.2 Å². The molecule has 214 valence electrons. The van der Waals surface area contributed by atoms with Crippen LogP contribution in [0.3, 0.4) is 0 Å². The van der Waals surface area contributed by atoms with Crippen LogP contribution in [0.2, 0.25) is 10.0 Å². The van der Waals surface area contributed by atoms with Gasteiger partial charge in [0.05, 0.1) is 35.8 Å². The molecule has 2 fully saturated rings. The summed E-state index contributed by atoms with van der Waals surface area (Å²) < 4.78 is 1.23. The molecule has 2 aliphatic rings. The molecular formula is C28H31Cl2N9O2. The third-order valence-electron chi connectivity index (χ3n) is 7.74. The number of carbonyl (C=O) groups is 1. The number of hydrogen-bond acceptors (Lipinski definition) is 9. The molecule has 3 aromatic rings. The van der Waals surface area contributed by atoms with Crippen LogP contribution in [-0.2, 0) is 4.79 Å². The van der Waals surface area contributed by atoms with Gasteiger partial charge in [0.1, 0.15) is 11.3 Å². The summed E-state index contributed by atoms with van der Waals surface area (Å²) in [5.74, 6) is 0.785. The number of fused-ring (bicyclic) bond motifs is 1. The maximum Gasteiger partial charge on any atom is 0.298 e. The molecule has 2 aromatic heterocycles. The Morgan fingerprint density at radius 1 is 1.12 bits per heavy atom. The zero-order chi connectivity index (χ0) is 29.3. The molecule has 0 radical (unpaired) electrons. The third-order valence-corrected chi connectivity index (χ3v) is 8.18. The van der Waals surface area contributed by atoms with Crippen LogP contribution < -0.4 is 15.4 Å². The molecule has 5 rings (SSSR count). The van der Waals surface area contributed by atoms with Crippen LogP contribution in [-0.4, -0.2) is 93.4 Å². The van der Waals surface area contributed by atoms with Crippen LogP contribution in [0.4, 0.5) is 11.8 Å². The predicted octanol–water partition coefficient (Wildman–Crippen LogP) is 3.13. The van der Waals surface area contributed by atoms with E-state index in [0.29, 0.717) is 58.6 Å². The first-order chi connectivity index (χ1) is 19.8. The third kappa shape index (κ3) is 5.60. The number of amides is 1. The molecule has 2 aliphatic heterocycles. The van der Waals surface area contributed by atoms with Crippen molar-refractivity contribution in [1.82, 2.24) is 29.5 Å². The normalized spacial score (nSPS) is 17.6. The number of piperazine rings is 1. The van der Waals surface area contributed by atoms with Crippen molar-refractivity contribution in [2.45, 2.75) is 32.4 Å². The molecule has 2 saturated heterocycles. The van der Waals surface area contributed by atoms with Crippen molar-refractivity contribution in [3.8, 4) is 11.8 Å². The Bertz CT molecular complexity index is 1560.